The normalized spacial score (nSPS) is 11.8. The van der Waals surface area contributed by atoms with Crippen LogP contribution in [0.4, 0.5) is 18.9 Å². The van der Waals surface area contributed by atoms with Crippen molar-refractivity contribution in [1.29, 1.82) is 5.26 Å². The van der Waals surface area contributed by atoms with Gasteiger partial charge in [-0.2, -0.15) is 18.4 Å². The molecule has 2 aromatic rings. The van der Waals surface area contributed by atoms with E-state index in [1.165, 1.54) is 18.2 Å². The van der Waals surface area contributed by atoms with Crippen molar-refractivity contribution in [3.63, 3.8) is 0 Å². The fourth-order valence-corrected chi connectivity index (χ4v) is 3.07. The smallest absolute Gasteiger partial charge is 0.280 e. The van der Waals surface area contributed by atoms with E-state index in [0.717, 1.165) is 18.2 Å². The highest BCUT2D eigenvalue weighted by Gasteiger charge is 2.33. The Morgan fingerprint density at radius 3 is 2.43 bits per heavy atom. The molecule has 0 unspecified atom stereocenters. The van der Waals surface area contributed by atoms with E-state index in [4.69, 9.17) is 16.9 Å². The van der Waals surface area contributed by atoms with E-state index in [0.29, 0.717) is 6.07 Å². The van der Waals surface area contributed by atoms with Gasteiger partial charge in [-0.3, -0.25) is 4.72 Å². The summed E-state index contributed by atoms with van der Waals surface area (Å²) in [6, 6.07) is 9.56. The summed E-state index contributed by atoms with van der Waals surface area (Å²) in [5, 5.41) is 8.23. The van der Waals surface area contributed by atoms with Crippen LogP contribution in [0.25, 0.3) is 0 Å². The van der Waals surface area contributed by atoms with Crippen molar-refractivity contribution in [2.24, 2.45) is 0 Å². The summed E-state index contributed by atoms with van der Waals surface area (Å²) in [5.74, 6) is 0. The zero-order valence-corrected chi connectivity index (χ0v) is 12.8. The molecule has 0 spiro atoms. The van der Waals surface area contributed by atoms with Gasteiger partial charge in [0.15, 0.2) is 0 Å². The minimum absolute atomic E-state index is 0.111. The first kappa shape index (κ1) is 17.1. The lowest BCUT2D eigenvalue weighted by Gasteiger charge is -2.13. The Morgan fingerprint density at radius 2 is 1.83 bits per heavy atom. The van der Waals surface area contributed by atoms with Crippen molar-refractivity contribution in [3.05, 3.63) is 58.6 Å². The van der Waals surface area contributed by atoms with Gasteiger partial charge in [0.25, 0.3) is 10.0 Å². The molecular weight excluding hydrogens is 353 g/mol. The van der Waals surface area contributed by atoms with E-state index < -0.39 is 26.8 Å². The van der Waals surface area contributed by atoms with Crippen LogP contribution in [0.2, 0.25) is 5.02 Å². The standard InChI is InChI=1S/C14H8ClF3N2O2S/c15-13-5-4-10(7-12(13)14(16,17)18)20-23(21,22)11-3-1-2-9(6-11)8-19/h1-7,20H. The topological polar surface area (TPSA) is 70.0 Å². The SMILES string of the molecule is N#Cc1cccc(S(=O)(=O)Nc2ccc(Cl)c(C(F)(F)F)c2)c1. The molecule has 1 N–H and O–H groups in total. The molecule has 0 aliphatic heterocycles. The fraction of sp³-hybridized carbons (Fsp3) is 0.0714. The van der Waals surface area contributed by atoms with Gasteiger partial charge in [0.05, 0.1) is 27.1 Å². The van der Waals surface area contributed by atoms with Crippen molar-refractivity contribution in [2.45, 2.75) is 11.1 Å². The molecule has 2 rings (SSSR count). The molecule has 0 aromatic heterocycles. The second kappa shape index (κ2) is 6.10. The average Bonchev–Trinajstić information content (AvgIpc) is 2.48. The molecule has 0 amide bonds. The maximum absolute atomic E-state index is 12.8. The maximum Gasteiger partial charge on any atom is 0.417 e. The number of halogens is 4. The third kappa shape index (κ3) is 3.94. The Hall–Kier alpha value is -2.24. The second-order valence-electron chi connectivity index (χ2n) is 4.44. The van der Waals surface area contributed by atoms with Crippen LogP contribution >= 0.6 is 11.6 Å². The quantitative estimate of drug-likeness (QED) is 0.898. The number of nitrogens with zero attached hydrogens (tertiary/aromatic N) is 1. The zero-order valence-electron chi connectivity index (χ0n) is 11.2. The summed E-state index contributed by atoms with van der Waals surface area (Å²) in [6.07, 6.45) is -4.71. The highest BCUT2D eigenvalue weighted by atomic mass is 35.5. The average molecular weight is 361 g/mol. The molecule has 4 nitrogen and oxygen atoms in total. The van der Waals surface area contributed by atoms with Crippen LogP contribution in [0.15, 0.2) is 47.4 Å². The monoisotopic (exact) mass is 360 g/mol. The number of hydrogen-bond acceptors (Lipinski definition) is 3. The summed E-state index contributed by atoms with van der Waals surface area (Å²) in [7, 11) is -4.13. The number of anilines is 1. The molecule has 0 saturated heterocycles. The summed E-state index contributed by atoms with van der Waals surface area (Å²) in [6.45, 7) is 0. The van der Waals surface area contributed by atoms with E-state index in [9.17, 15) is 21.6 Å². The molecule has 0 atom stereocenters. The molecule has 0 fully saturated rings. The van der Waals surface area contributed by atoms with Crippen LogP contribution in [-0.2, 0) is 16.2 Å². The van der Waals surface area contributed by atoms with Crippen molar-refractivity contribution < 1.29 is 21.6 Å². The van der Waals surface area contributed by atoms with Crippen molar-refractivity contribution in [2.75, 3.05) is 4.72 Å². The number of sulfonamides is 1. The lowest BCUT2D eigenvalue weighted by molar-refractivity contribution is -0.137. The number of rotatable bonds is 3. The van der Waals surface area contributed by atoms with Gasteiger partial charge in [-0.05, 0) is 36.4 Å². The first-order chi connectivity index (χ1) is 10.6. The number of hydrogen-bond donors (Lipinski definition) is 1. The third-order valence-electron chi connectivity index (χ3n) is 2.80. The molecule has 0 aliphatic rings. The van der Waals surface area contributed by atoms with Crippen LogP contribution in [-0.4, -0.2) is 8.42 Å². The van der Waals surface area contributed by atoms with Crippen molar-refractivity contribution in [3.8, 4) is 6.07 Å². The molecule has 120 valence electrons. The minimum Gasteiger partial charge on any atom is -0.280 e. The summed E-state index contributed by atoms with van der Waals surface area (Å²) in [5.41, 5.74) is -1.32. The number of alkyl halides is 3. The molecule has 23 heavy (non-hydrogen) atoms. The molecule has 0 aliphatic carbocycles. The maximum atomic E-state index is 12.8. The van der Waals surface area contributed by atoms with Gasteiger partial charge in [-0.1, -0.05) is 17.7 Å². The predicted octanol–water partition coefficient (Wildman–Crippen LogP) is 4.03. The summed E-state index contributed by atoms with van der Waals surface area (Å²) in [4.78, 5) is -0.236. The Kier molecular flexibility index (Phi) is 4.54. The second-order valence-corrected chi connectivity index (χ2v) is 6.53. The molecule has 9 heteroatoms. The van der Waals surface area contributed by atoms with Crippen LogP contribution in [0.3, 0.4) is 0 Å². The fourth-order valence-electron chi connectivity index (χ4n) is 1.75. The van der Waals surface area contributed by atoms with Gasteiger partial charge >= 0.3 is 6.18 Å². The first-order valence-corrected chi connectivity index (χ1v) is 7.89. The molecular formula is C14H8ClF3N2O2S. The van der Waals surface area contributed by atoms with E-state index in [2.05, 4.69) is 0 Å². The van der Waals surface area contributed by atoms with E-state index in [1.807, 2.05) is 4.72 Å². The number of benzene rings is 2. The molecule has 0 heterocycles. The van der Waals surface area contributed by atoms with Crippen LogP contribution in [0.1, 0.15) is 11.1 Å². The highest BCUT2D eigenvalue weighted by molar-refractivity contribution is 7.92. The number of nitrogens with one attached hydrogen (secondary N) is 1. The van der Waals surface area contributed by atoms with Gasteiger partial charge in [-0.15, -0.1) is 0 Å². The Balaban J connectivity index is 2.40. The number of nitriles is 1. The third-order valence-corrected chi connectivity index (χ3v) is 4.51. The minimum atomic E-state index is -4.71. The van der Waals surface area contributed by atoms with Crippen LogP contribution in [0.5, 0.6) is 0 Å². The Bertz CT molecular complexity index is 890. The van der Waals surface area contributed by atoms with E-state index >= 15 is 0 Å². The van der Waals surface area contributed by atoms with Gasteiger partial charge in [-0.25, -0.2) is 8.42 Å². The Labute approximate surface area is 135 Å². The zero-order chi connectivity index (χ0) is 17.3. The first-order valence-electron chi connectivity index (χ1n) is 6.03. The van der Waals surface area contributed by atoms with Crippen molar-refractivity contribution >= 4 is 27.3 Å². The lowest BCUT2D eigenvalue weighted by Crippen LogP contribution is -2.14. The Morgan fingerprint density at radius 1 is 1.13 bits per heavy atom. The molecule has 0 bridgehead atoms. The van der Waals surface area contributed by atoms with Gasteiger partial charge < -0.3 is 0 Å². The van der Waals surface area contributed by atoms with Gasteiger partial charge in [0.1, 0.15) is 0 Å². The van der Waals surface area contributed by atoms with E-state index in [-0.39, 0.29) is 16.1 Å². The van der Waals surface area contributed by atoms with Crippen LogP contribution in [0, 0.1) is 11.3 Å². The molecule has 0 radical (unpaired) electrons. The summed E-state index contributed by atoms with van der Waals surface area (Å²) < 4.78 is 64.7. The highest BCUT2D eigenvalue weighted by Crippen LogP contribution is 2.36. The predicted molar refractivity (Wildman–Crippen MR) is 78.4 cm³/mol. The lowest BCUT2D eigenvalue weighted by atomic mass is 10.2. The van der Waals surface area contributed by atoms with Gasteiger partial charge in [0.2, 0.25) is 0 Å². The molecule has 2 aromatic carbocycles. The van der Waals surface area contributed by atoms with E-state index in [1.54, 1.807) is 6.07 Å². The van der Waals surface area contributed by atoms with Crippen molar-refractivity contribution in [1.82, 2.24) is 0 Å². The summed E-state index contributed by atoms with van der Waals surface area (Å²) >= 11 is 5.48. The van der Waals surface area contributed by atoms with Crippen LogP contribution < -0.4 is 4.72 Å². The van der Waals surface area contributed by atoms with Gasteiger partial charge in [0, 0.05) is 5.69 Å². The largest absolute Gasteiger partial charge is 0.417 e. The molecule has 0 saturated carbocycles.